The summed E-state index contributed by atoms with van der Waals surface area (Å²) in [5.41, 5.74) is 0. The van der Waals surface area contributed by atoms with Gasteiger partial charge in [0.2, 0.25) is 5.91 Å². The van der Waals surface area contributed by atoms with E-state index in [4.69, 9.17) is 0 Å². The molecule has 0 fully saturated rings. The molecule has 1 amide bonds. The molecule has 98 valence electrons. The summed E-state index contributed by atoms with van der Waals surface area (Å²) in [7, 11) is 2.46. The van der Waals surface area contributed by atoms with Gasteiger partial charge in [-0.15, -0.1) is 0 Å². The molecule has 0 radical (unpaired) electrons. The molecule has 0 aromatic heterocycles. The lowest BCUT2D eigenvalue weighted by Gasteiger charge is -2.19. The molecule has 0 N–H and O–H groups in total. The molecule has 0 aromatic rings. The predicted molar refractivity (Wildman–Crippen MR) is 60.1 cm³/mol. The number of hydrogen-bond donors (Lipinski definition) is 0. The molecule has 0 bridgehead atoms. The maximum Gasteiger partial charge on any atom is 0.325 e. The van der Waals surface area contributed by atoms with Crippen molar-refractivity contribution in [3.8, 4) is 0 Å². The highest BCUT2D eigenvalue weighted by Crippen LogP contribution is 2.01. The Morgan fingerprint density at radius 1 is 1.00 bits per heavy atom. The number of rotatable bonds is 7. The first-order valence-electron chi connectivity index (χ1n) is 5.46. The molecule has 0 heterocycles. The average Bonchev–Trinajstić information content (AvgIpc) is 2.34. The lowest BCUT2D eigenvalue weighted by molar-refractivity contribution is -0.152. The third-order valence-corrected chi connectivity index (χ3v) is 2.19. The fourth-order valence-corrected chi connectivity index (χ4v) is 1.16. The summed E-state index contributed by atoms with van der Waals surface area (Å²) in [5, 5.41) is 0. The van der Waals surface area contributed by atoms with E-state index in [9.17, 15) is 14.4 Å². The number of esters is 2. The second-order valence-electron chi connectivity index (χ2n) is 3.51. The van der Waals surface area contributed by atoms with Crippen LogP contribution in [0.4, 0.5) is 0 Å². The minimum Gasteiger partial charge on any atom is -0.468 e. The third kappa shape index (κ3) is 6.55. The molecule has 0 atom stereocenters. The second-order valence-corrected chi connectivity index (χ2v) is 3.51. The van der Waals surface area contributed by atoms with Gasteiger partial charge in [0.25, 0.3) is 0 Å². The van der Waals surface area contributed by atoms with Crippen LogP contribution < -0.4 is 0 Å². The van der Waals surface area contributed by atoms with E-state index in [0.29, 0.717) is 6.42 Å². The maximum absolute atomic E-state index is 11.7. The van der Waals surface area contributed by atoms with Crippen LogP contribution in [0.3, 0.4) is 0 Å². The van der Waals surface area contributed by atoms with Crippen molar-refractivity contribution in [3.63, 3.8) is 0 Å². The van der Waals surface area contributed by atoms with Gasteiger partial charge in [0, 0.05) is 6.42 Å². The molecule has 0 spiro atoms. The number of amides is 1. The Bertz CT molecular complexity index is 259. The molecule has 0 aliphatic rings. The minimum atomic E-state index is -0.557. The van der Waals surface area contributed by atoms with Gasteiger partial charge in [0.15, 0.2) is 0 Å². The van der Waals surface area contributed by atoms with Gasteiger partial charge in [-0.05, 0) is 6.42 Å². The van der Waals surface area contributed by atoms with Gasteiger partial charge in [0.1, 0.15) is 13.1 Å². The fraction of sp³-hybridized carbons (Fsp3) is 0.727. The molecule has 17 heavy (non-hydrogen) atoms. The molecular weight excluding hydrogens is 226 g/mol. The topological polar surface area (TPSA) is 72.9 Å². The van der Waals surface area contributed by atoms with E-state index in [1.165, 1.54) is 14.2 Å². The van der Waals surface area contributed by atoms with Crippen molar-refractivity contribution < 1.29 is 23.9 Å². The first-order valence-corrected chi connectivity index (χ1v) is 5.46. The highest BCUT2D eigenvalue weighted by Gasteiger charge is 2.20. The van der Waals surface area contributed by atoms with Gasteiger partial charge in [-0.25, -0.2) is 0 Å². The van der Waals surface area contributed by atoms with Gasteiger partial charge in [-0.1, -0.05) is 13.3 Å². The zero-order valence-electron chi connectivity index (χ0n) is 10.5. The summed E-state index contributed by atoms with van der Waals surface area (Å²) < 4.78 is 8.93. The highest BCUT2D eigenvalue weighted by molar-refractivity contribution is 5.85. The zero-order valence-corrected chi connectivity index (χ0v) is 10.5. The first kappa shape index (κ1) is 15.4. The lowest BCUT2D eigenvalue weighted by Crippen LogP contribution is -2.40. The Kier molecular flexibility index (Phi) is 7.75. The Morgan fingerprint density at radius 3 is 1.82 bits per heavy atom. The van der Waals surface area contributed by atoms with Crippen molar-refractivity contribution in [2.45, 2.75) is 26.2 Å². The van der Waals surface area contributed by atoms with Crippen molar-refractivity contribution in [2.24, 2.45) is 0 Å². The molecule has 0 saturated heterocycles. The standard InChI is InChI=1S/C11H19NO5/c1-4-5-6-9(13)12(7-10(14)16-2)8-11(15)17-3/h4-8H2,1-3H3. The number of carbonyl (C=O) groups is 3. The molecule has 0 unspecified atom stereocenters. The summed E-state index contributed by atoms with van der Waals surface area (Å²) in [6, 6.07) is 0. The summed E-state index contributed by atoms with van der Waals surface area (Å²) in [4.78, 5) is 35.1. The van der Waals surface area contributed by atoms with Crippen LogP contribution in [0.25, 0.3) is 0 Å². The molecule has 0 aliphatic carbocycles. The van der Waals surface area contributed by atoms with E-state index >= 15 is 0 Å². The summed E-state index contributed by atoms with van der Waals surface area (Å²) in [6.07, 6.45) is 1.90. The number of carbonyl (C=O) groups excluding carboxylic acids is 3. The SMILES string of the molecule is CCCCC(=O)N(CC(=O)OC)CC(=O)OC. The fourth-order valence-electron chi connectivity index (χ4n) is 1.16. The summed E-state index contributed by atoms with van der Waals surface area (Å²) in [5.74, 6) is -1.36. The van der Waals surface area contributed by atoms with Crippen LogP contribution in [0.5, 0.6) is 0 Å². The second kappa shape index (κ2) is 8.55. The van der Waals surface area contributed by atoms with Crippen LogP contribution in [0, 0.1) is 0 Å². The van der Waals surface area contributed by atoms with E-state index in [-0.39, 0.29) is 19.0 Å². The Hall–Kier alpha value is -1.59. The molecule has 6 heteroatoms. The largest absolute Gasteiger partial charge is 0.468 e. The summed E-state index contributed by atoms with van der Waals surface area (Å²) in [6.45, 7) is 1.50. The summed E-state index contributed by atoms with van der Waals surface area (Å²) >= 11 is 0. The van der Waals surface area contributed by atoms with Crippen molar-refractivity contribution in [1.29, 1.82) is 0 Å². The normalized spacial score (nSPS) is 9.59. The number of ether oxygens (including phenoxy) is 2. The van der Waals surface area contributed by atoms with Crippen LogP contribution in [0.1, 0.15) is 26.2 Å². The monoisotopic (exact) mass is 245 g/mol. The van der Waals surface area contributed by atoms with E-state index in [1.807, 2.05) is 6.92 Å². The zero-order chi connectivity index (χ0) is 13.3. The van der Waals surface area contributed by atoms with Gasteiger partial charge in [-0.3, -0.25) is 14.4 Å². The Labute approximate surface area is 101 Å². The van der Waals surface area contributed by atoms with Gasteiger partial charge in [-0.2, -0.15) is 0 Å². The first-order chi connectivity index (χ1) is 8.04. The molecular formula is C11H19NO5. The Morgan fingerprint density at radius 2 is 1.47 bits per heavy atom. The lowest BCUT2D eigenvalue weighted by atomic mass is 10.2. The minimum absolute atomic E-state index is 0.228. The van der Waals surface area contributed by atoms with Crippen molar-refractivity contribution >= 4 is 17.8 Å². The van der Waals surface area contributed by atoms with Crippen molar-refractivity contribution in [3.05, 3.63) is 0 Å². The molecule has 0 aliphatic heterocycles. The van der Waals surface area contributed by atoms with Crippen LogP contribution in [-0.4, -0.2) is 50.1 Å². The van der Waals surface area contributed by atoms with Crippen LogP contribution in [0.15, 0.2) is 0 Å². The van der Waals surface area contributed by atoms with E-state index in [2.05, 4.69) is 9.47 Å². The number of nitrogens with zero attached hydrogens (tertiary/aromatic N) is 1. The average molecular weight is 245 g/mol. The van der Waals surface area contributed by atoms with E-state index < -0.39 is 11.9 Å². The third-order valence-electron chi connectivity index (χ3n) is 2.19. The number of unbranched alkanes of at least 4 members (excludes halogenated alkanes) is 1. The van der Waals surface area contributed by atoms with E-state index in [1.54, 1.807) is 0 Å². The highest BCUT2D eigenvalue weighted by atomic mass is 16.5. The maximum atomic E-state index is 11.7. The predicted octanol–water partition coefficient (Wildman–Crippen LogP) is 0.351. The van der Waals surface area contributed by atoms with E-state index in [0.717, 1.165) is 17.7 Å². The molecule has 0 saturated carbocycles. The number of hydrogen-bond acceptors (Lipinski definition) is 5. The quantitative estimate of drug-likeness (QED) is 0.605. The molecule has 0 rings (SSSR count). The van der Waals surface area contributed by atoms with Gasteiger partial charge < -0.3 is 14.4 Å². The van der Waals surface area contributed by atoms with Crippen LogP contribution in [-0.2, 0) is 23.9 Å². The van der Waals surface area contributed by atoms with Crippen molar-refractivity contribution in [1.82, 2.24) is 4.90 Å². The van der Waals surface area contributed by atoms with Crippen molar-refractivity contribution in [2.75, 3.05) is 27.3 Å². The molecule has 6 nitrogen and oxygen atoms in total. The van der Waals surface area contributed by atoms with Crippen LogP contribution >= 0.6 is 0 Å². The number of methoxy groups -OCH3 is 2. The van der Waals surface area contributed by atoms with Crippen LogP contribution in [0.2, 0.25) is 0 Å². The smallest absolute Gasteiger partial charge is 0.325 e. The van der Waals surface area contributed by atoms with Gasteiger partial charge >= 0.3 is 11.9 Å². The molecule has 0 aromatic carbocycles. The Balaban J connectivity index is 4.42. The van der Waals surface area contributed by atoms with Gasteiger partial charge in [0.05, 0.1) is 14.2 Å².